The molecule has 0 saturated heterocycles. The van der Waals surface area contributed by atoms with Gasteiger partial charge in [-0.1, -0.05) is 11.6 Å². The third-order valence-electron chi connectivity index (χ3n) is 1.26. The molecular weight excluding hydrogens is 208 g/mol. The summed E-state index contributed by atoms with van der Waals surface area (Å²) in [6.07, 6.45) is 2.13. The molecule has 1 rings (SSSR count). The number of carbonyl (C=O) groups is 1. The zero-order valence-electron chi connectivity index (χ0n) is 7.24. The van der Waals surface area contributed by atoms with Crippen molar-refractivity contribution in [3.8, 4) is 0 Å². The predicted molar refractivity (Wildman–Crippen MR) is 51.1 cm³/mol. The number of nitrogens with zero attached hydrogens (tertiary/aromatic N) is 2. The molecule has 7 heteroatoms. The molecule has 0 unspecified atom stereocenters. The zero-order chi connectivity index (χ0) is 10.4. The standard InChI is InChI=1S/C7H9ClN4O2/c8-5-3-10-4-6(12-5)11-1-2-14-7(9)13/h3-4H,1-2H2,(H2,9,13)(H,11,12). The fraction of sp³-hybridized carbons (Fsp3) is 0.286. The number of hydrogen-bond donors (Lipinski definition) is 2. The maximum absolute atomic E-state index is 10.2. The van der Waals surface area contributed by atoms with Crippen LogP contribution < -0.4 is 11.1 Å². The first-order valence-corrected chi connectivity index (χ1v) is 4.20. The number of rotatable bonds is 4. The molecule has 0 aliphatic rings. The highest BCUT2D eigenvalue weighted by molar-refractivity contribution is 6.29. The molecule has 0 fully saturated rings. The Labute approximate surface area is 85.4 Å². The zero-order valence-corrected chi connectivity index (χ0v) is 7.99. The Morgan fingerprint density at radius 3 is 3.07 bits per heavy atom. The number of nitrogens with two attached hydrogens (primary N) is 1. The summed E-state index contributed by atoms with van der Waals surface area (Å²) in [5, 5.41) is 3.15. The summed E-state index contributed by atoms with van der Waals surface area (Å²) < 4.78 is 4.49. The van der Waals surface area contributed by atoms with Crippen molar-refractivity contribution in [3.05, 3.63) is 17.5 Å². The number of hydrogen-bond acceptors (Lipinski definition) is 5. The van der Waals surface area contributed by atoms with E-state index in [1.54, 1.807) is 0 Å². The van der Waals surface area contributed by atoms with E-state index in [0.717, 1.165) is 0 Å². The fourth-order valence-electron chi connectivity index (χ4n) is 0.758. The Hall–Kier alpha value is -1.56. The van der Waals surface area contributed by atoms with Gasteiger partial charge in [0.2, 0.25) is 0 Å². The number of anilines is 1. The molecule has 0 aliphatic heterocycles. The summed E-state index contributed by atoms with van der Waals surface area (Å²) in [7, 11) is 0. The van der Waals surface area contributed by atoms with Crippen LogP contribution in [0, 0.1) is 0 Å². The molecule has 0 radical (unpaired) electrons. The molecule has 76 valence electrons. The lowest BCUT2D eigenvalue weighted by Gasteiger charge is -2.04. The Morgan fingerprint density at radius 1 is 1.64 bits per heavy atom. The average Bonchev–Trinajstić information content (AvgIpc) is 2.12. The first kappa shape index (κ1) is 10.5. The first-order chi connectivity index (χ1) is 6.68. The highest BCUT2D eigenvalue weighted by Crippen LogP contribution is 2.05. The summed E-state index contributed by atoms with van der Waals surface area (Å²) in [6, 6.07) is 0. The number of carbonyl (C=O) groups excluding carboxylic acids is 1. The number of ether oxygens (including phenoxy) is 1. The SMILES string of the molecule is NC(=O)OCCNc1cncc(Cl)n1. The van der Waals surface area contributed by atoms with Gasteiger partial charge in [-0.2, -0.15) is 0 Å². The van der Waals surface area contributed by atoms with Crippen molar-refractivity contribution in [2.24, 2.45) is 5.73 Å². The van der Waals surface area contributed by atoms with Gasteiger partial charge in [-0.15, -0.1) is 0 Å². The minimum absolute atomic E-state index is 0.170. The number of halogens is 1. The van der Waals surface area contributed by atoms with Gasteiger partial charge in [0.25, 0.3) is 0 Å². The van der Waals surface area contributed by atoms with E-state index in [2.05, 4.69) is 20.0 Å². The fourth-order valence-corrected chi connectivity index (χ4v) is 0.905. The summed E-state index contributed by atoms with van der Waals surface area (Å²) in [5.74, 6) is 0.519. The number of amides is 1. The van der Waals surface area contributed by atoms with Crippen LogP contribution in [0.3, 0.4) is 0 Å². The Balaban J connectivity index is 2.28. The molecule has 3 N–H and O–H groups in total. The molecule has 0 aromatic carbocycles. The van der Waals surface area contributed by atoms with Gasteiger partial charge in [-0.3, -0.25) is 4.98 Å². The van der Waals surface area contributed by atoms with Gasteiger partial charge >= 0.3 is 6.09 Å². The molecule has 1 aromatic heterocycles. The number of primary amides is 1. The average molecular weight is 217 g/mol. The van der Waals surface area contributed by atoms with Crippen LogP contribution in [-0.2, 0) is 4.74 Å². The van der Waals surface area contributed by atoms with E-state index in [9.17, 15) is 4.79 Å². The van der Waals surface area contributed by atoms with Crippen molar-refractivity contribution in [3.63, 3.8) is 0 Å². The molecule has 6 nitrogen and oxygen atoms in total. The van der Waals surface area contributed by atoms with Crippen molar-refractivity contribution in [2.75, 3.05) is 18.5 Å². The monoisotopic (exact) mass is 216 g/mol. The van der Waals surface area contributed by atoms with Crippen LogP contribution in [0.1, 0.15) is 0 Å². The highest BCUT2D eigenvalue weighted by atomic mass is 35.5. The van der Waals surface area contributed by atoms with E-state index < -0.39 is 6.09 Å². The van der Waals surface area contributed by atoms with Crippen molar-refractivity contribution >= 4 is 23.5 Å². The molecule has 1 aromatic rings. The second-order valence-corrected chi connectivity index (χ2v) is 2.71. The lowest BCUT2D eigenvalue weighted by atomic mass is 10.6. The molecular formula is C7H9ClN4O2. The van der Waals surface area contributed by atoms with E-state index in [1.807, 2.05) is 0 Å². The van der Waals surface area contributed by atoms with Crippen LogP contribution in [0.15, 0.2) is 12.4 Å². The van der Waals surface area contributed by atoms with Gasteiger partial charge < -0.3 is 15.8 Å². The van der Waals surface area contributed by atoms with E-state index >= 15 is 0 Å². The number of aromatic nitrogens is 2. The summed E-state index contributed by atoms with van der Waals surface area (Å²) >= 11 is 5.59. The van der Waals surface area contributed by atoms with Gasteiger partial charge in [-0.05, 0) is 0 Å². The molecule has 0 spiro atoms. The Morgan fingerprint density at radius 2 is 2.43 bits per heavy atom. The van der Waals surface area contributed by atoms with E-state index in [1.165, 1.54) is 12.4 Å². The summed E-state index contributed by atoms with van der Waals surface area (Å²) in [6.45, 7) is 0.571. The smallest absolute Gasteiger partial charge is 0.404 e. The Bertz CT molecular complexity index is 320. The third kappa shape index (κ3) is 3.90. The van der Waals surface area contributed by atoms with E-state index in [-0.39, 0.29) is 6.61 Å². The Kier molecular flexibility index (Phi) is 3.93. The lowest BCUT2D eigenvalue weighted by Crippen LogP contribution is -2.18. The van der Waals surface area contributed by atoms with Crippen LogP contribution in [0.5, 0.6) is 0 Å². The van der Waals surface area contributed by atoms with E-state index in [4.69, 9.17) is 17.3 Å². The maximum Gasteiger partial charge on any atom is 0.404 e. The van der Waals surface area contributed by atoms with Gasteiger partial charge in [0.1, 0.15) is 17.6 Å². The van der Waals surface area contributed by atoms with Gasteiger partial charge in [0.15, 0.2) is 0 Å². The van der Waals surface area contributed by atoms with E-state index in [0.29, 0.717) is 17.5 Å². The van der Waals surface area contributed by atoms with Gasteiger partial charge in [0.05, 0.1) is 18.9 Å². The second kappa shape index (κ2) is 5.23. The lowest BCUT2D eigenvalue weighted by molar-refractivity contribution is 0.161. The van der Waals surface area contributed by atoms with Crippen molar-refractivity contribution in [2.45, 2.75) is 0 Å². The minimum Gasteiger partial charge on any atom is -0.448 e. The molecule has 14 heavy (non-hydrogen) atoms. The van der Waals surface area contributed by atoms with Crippen LogP contribution >= 0.6 is 11.6 Å². The van der Waals surface area contributed by atoms with Crippen LogP contribution in [0.2, 0.25) is 5.15 Å². The molecule has 1 amide bonds. The second-order valence-electron chi connectivity index (χ2n) is 2.32. The van der Waals surface area contributed by atoms with Crippen molar-refractivity contribution in [1.29, 1.82) is 0 Å². The largest absolute Gasteiger partial charge is 0.448 e. The normalized spacial score (nSPS) is 9.50. The quantitative estimate of drug-likeness (QED) is 0.721. The predicted octanol–water partition coefficient (Wildman–Crippen LogP) is 0.637. The summed E-state index contributed by atoms with van der Waals surface area (Å²) in [4.78, 5) is 17.9. The maximum atomic E-state index is 10.2. The molecule has 0 saturated carbocycles. The minimum atomic E-state index is -0.802. The molecule has 0 bridgehead atoms. The topological polar surface area (TPSA) is 90.1 Å². The van der Waals surface area contributed by atoms with Crippen molar-refractivity contribution in [1.82, 2.24) is 9.97 Å². The summed E-state index contributed by atoms with van der Waals surface area (Å²) in [5.41, 5.74) is 4.76. The molecule has 0 aliphatic carbocycles. The third-order valence-corrected chi connectivity index (χ3v) is 1.44. The first-order valence-electron chi connectivity index (χ1n) is 3.82. The van der Waals surface area contributed by atoms with Crippen LogP contribution in [-0.4, -0.2) is 29.2 Å². The van der Waals surface area contributed by atoms with Crippen LogP contribution in [0.25, 0.3) is 0 Å². The molecule has 0 atom stereocenters. The van der Waals surface area contributed by atoms with Gasteiger partial charge in [0, 0.05) is 0 Å². The highest BCUT2D eigenvalue weighted by Gasteiger charge is 1.96. The van der Waals surface area contributed by atoms with Crippen molar-refractivity contribution < 1.29 is 9.53 Å². The molecule has 1 heterocycles. The number of nitrogens with one attached hydrogen (secondary N) is 1. The van der Waals surface area contributed by atoms with Gasteiger partial charge in [-0.25, -0.2) is 9.78 Å². The van der Waals surface area contributed by atoms with Crippen LogP contribution in [0.4, 0.5) is 10.6 Å².